The lowest BCUT2D eigenvalue weighted by Crippen LogP contribution is -2.23. The molecule has 1 N–H and O–H groups in total. The van der Waals surface area contributed by atoms with E-state index >= 15 is 0 Å². The Hall–Kier alpha value is -0.410. The van der Waals surface area contributed by atoms with E-state index in [1.165, 1.54) is 0 Å². The first-order valence-corrected chi connectivity index (χ1v) is 6.34. The predicted molar refractivity (Wildman–Crippen MR) is 70.1 cm³/mol. The van der Waals surface area contributed by atoms with Crippen LogP contribution in [0.4, 0.5) is 0 Å². The van der Waals surface area contributed by atoms with Gasteiger partial charge in [0.15, 0.2) is 0 Å². The number of benzene rings is 1. The Morgan fingerprint density at radius 2 is 2.19 bits per heavy atom. The minimum Gasteiger partial charge on any atom is -0.383 e. The van der Waals surface area contributed by atoms with Gasteiger partial charge in [-0.05, 0) is 49.6 Å². The molecule has 0 aliphatic carbocycles. The standard InChI is InChI=1S/C11H12Br2N2O/c1-16-5-4-15-11(7-14)8-2-3-9(12)10(13)6-8/h2-3,6,11,15H,4-5H2,1H3. The van der Waals surface area contributed by atoms with Gasteiger partial charge in [0, 0.05) is 22.6 Å². The van der Waals surface area contributed by atoms with E-state index in [2.05, 4.69) is 43.2 Å². The van der Waals surface area contributed by atoms with Gasteiger partial charge in [-0.15, -0.1) is 0 Å². The molecule has 1 aromatic rings. The first-order valence-electron chi connectivity index (χ1n) is 4.76. The smallest absolute Gasteiger partial charge is 0.121 e. The highest BCUT2D eigenvalue weighted by Crippen LogP contribution is 2.26. The van der Waals surface area contributed by atoms with E-state index in [9.17, 15) is 0 Å². The molecule has 1 aromatic carbocycles. The van der Waals surface area contributed by atoms with E-state index in [0.717, 1.165) is 14.5 Å². The topological polar surface area (TPSA) is 45.0 Å². The first-order chi connectivity index (χ1) is 7.69. The van der Waals surface area contributed by atoms with Crippen LogP contribution < -0.4 is 5.32 Å². The van der Waals surface area contributed by atoms with E-state index in [1.54, 1.807) is 7.11 Å². The zero-order chi connectivity index (χ0) is 12.0. The summed E-state index contributed by atoms with van der Waals surface area (Å²) in [7, 11) is 1.64. The quantitative estimate of drug-likeness (QED) is 0.833. The van der Waals surface area contributed by atoms with Gasteiger partial charge in [-0.3, -0.25) is 5.32 Å². The molecular weight excluding hydrogens is 336 g/mol. The van der Waals surface area contributed by atoms with Crippen LogP contribution in [0.5, 0.6) is 0 Å². The number of halogens is 2. The number of nitriles is 1. The fourth-order valence-corrected chi connectivity index (χ4v) is 1.88. The highest BCUT2D eigenvalue weighted by molar-refractivity contribution is 9.13. The van der Waals surface area contributed by atoms with E-state index in [-0.39, 0.29) is 6.04 Å². The van der Waals surface area contributed by atoms with Crippen LogP contribution in [0, 0.1) is 11.3 Å². The van der Waals surface area contributed by atoms with E-state index in [1.807, 2.05) is 18.2 Å². The summed E-state index contributed by atoms with van der Waals surface area (Å²) in [6.07, 6.45) is 0. The van der Waals surface area contributed by atoms with Gasteiger partial charge >= 0.3 is 0 Å². The lowest BCUT2D eigenvalue weighted by molar-refractivity contribution is 0.198. The SMILES string of the molecule is COCCNC(C#N)c1ccc(Br)c(Br)c1. The molecule has 0 bridgehead atoms. The van der Waals surface area contributed by atoms with Crippen LogP contribution in [-0.4, -0.2) is 20.3 Å². The van der Waals surface area contributed by atoms with Crippen LogP contribution >= 0.6 is 31.9 Å². The molecule has 1 rings (SSSR count). The van der Waals surface area contributed by atoms with Gasteiger partial charge in [0.1, 0.15) is 6.04 Å². The van der Waals surface area contributed by atoms with Gasteiger partial charge in [-0.2, -0.15) is 5.26 Å². The molecule has 0 aliphatic heterocycles. The zero-order valence-electron chi connectivity index (χ0n) is 8.84. The Kier molecular flexibility index (Phi) is 5.99. The Morgan fingerprint density at radius 3 is 2.75 bits per heavy atom. The van der Waals surface area contributed by atoms with Gasteiger partial charge in [-0.1, -0.05) is 6.07 Å². The molecule has 86 valence electrons. The fraction of sp³-hybridized carbons (Fsp3) is 0.364. The predicted octanol–water partition coefficient (Wildman–Crippen LogP) is 3.01. The van der Waals surface area contributed by atoms with Gasteiger partial charge < -0.3 is 4.74 Å². The second-order valence-corrected chi connectivity index (χ2v) is 4.89. The lowest BCUT2D eigenvalue weighted by atomic mass is 10.1. The van der Waals surface area contributed by atoms with Gasteiger partial charge in [-0.25, -0.2) is 0 Å². The minimum atomic E-state index is -0.306. The molecule has 3 nitrogen and oxygen atoms in total. The monoisotopic (exact) mass is 346 g/mol. The summed E-state index contributed by atoms with van der Waals surface area (Å²) >= 11 is 6.81. The Bertz CT molecular complexity index is 390. The average molecular weight is 348 g/mol. The number of nitrogens with zero attached hydrogens (tertiary/aromatic N) is 1. The number of ether oxygens (including phenoxy) is 1. The molecule has 0 saturated carbocycles. The van der Waals surface area contributed by atoms with E-state index in [4.69, 9.17) is 10.00 Å². The molecule has 0 spiro atoms. The van der Waals surface area contributed by atoms with Crippen molar-refractivity contribution in [2.45, 2.75) is 6.04 Å². The molecule has 0 aromatic heterocycles. The van der Waals surface area contributed by atoms with Crippen molar-refractivity contribution in [3.05, 3.63) is 32.7 Å². The second kappa shape index (κ2) is 7.02. The van der Waals surface area contributed by atoms with Crippen molar-refractivity contribution < 1.29 is 4.74 Å². The van der Waals surface area contributed by atoms with Crippen molar-refractivity contribution in [2.75, 3.05) is 20.3 Å². The van der Waals surface area contributed by atoms with Gasteiger partial charge in [0.25, 0.3) is 0 Å². The number of hydrogen-bond acceptors (Lipinski definition) is 3. The van der Waals surface area contributed by atoms with Crippen LogP contribution in [0.25, 0.3) is 0 Å². The molecule has 0 aliphatic rings. The molecular formula is C11H12Br2N2O. The molecule has 0 amide bonds. The third kappa shape index (κ3) is 3.87. The summed E-state index contributed by atoms with van der Waals surface area (Å²) in [5.74, 6) is 0. The summed E-state index contributed by atoms with van der Waals surface area (Å²) in [6.45, 7) is 1.25. The number of nitrogens with one attached hydrogen (secondary N) is 1. The Labute approximate surface area is 112 Å². The van der Waals surface area contributed by atoms with Crippen LogP contribution in [0.3, 0.4) is 0 Å². The molecule has 1 atom stereocenters. The van der Waals surface area contributed by atoms with Crippen molar-refractivity contribution in [1.29, 1.82) is 5.26 Å². The average Bonchev–Trinajstić information content (AvgIpc) is 2.29. The van der Waals surface area contributed by atoms with Crippen molar-refractivity contribution >= 4 is 31.9 Å². The molecule has 0 radical (unpaired) electrons. The number of rotatable bonds is 5. The Balaban J connectivity index is 2.72. The summed E-state index contributed by atoms with van der Waals surface area (Å²) in [4.78, 5) is 0. The Morgan fingerprint density at radius 1 is 1.44 bits per heavy atom. The third-order valence-corrected chi connectivity index (χ3v) is 3.94. The molecule has 16 heavy (non-hydrogen) atoms. The van der Waals surface area contributed by atoms with Crippen molar-refractivity contribution in [3.8, 4) is 6.07 Å². The first kappa shape index (κ1) is 13.7. The largest absolute Gasteiger partial charge is 0.383 e. The van der Waals surface area contributed by atoms with E-state index in [0.29, 0.717) is 13.2 Å². The highest BCUT2D eigenvalue weighted by Gasteiger charge is 2.10. The summed E-state index contributed by atoms with van der Waals surface area (Å²) < 4.78 is 6.85. The van der Waals surface area contributed by atoms with Crippen molar-refractivity contribution in [3.63, 3.8) is 0 Å². The van der Waals surface area contributed by atoms with Crippen LogP contribution in [0.1, 0.15) is 11.6 Å². The number of hydrogen-bond donors (Lipinski definition) is 1. The minimum absolute atomic E-state index is 0.306. The fourth-order valence-electron chi connectivity index (χ4n) is 1.24. The summed E-state index contributed by atoms with van der Waals surface area (Å²) in [5, 5.41) is 12.2. The summed E-state index contributed by atoms with van der Waals surface area (Å²) in [6, 6.07) is 7.68. The molecule has 0 fully saturated rings. The zero-order valence-corrected chi connectivity index (χ0v) is 12.0. The molecule has 1 unspecified atom stereocenters. The molecule has 0 saturated heterocycles. The third-order valence-electron chi connectivity index (χ3n) is 2.06. The molecule has 0 heterocycles. The van der Waals surface area contributed by atoms with Gasteiger partial charge in [0.05, 0.1) is 12.7 Å². The maximum absolute atomic E-state index is 9.06. The number of methoxy groups -OCH3 is 1. The van der Waals surface area contributed by atoms with Crippen molar-refractivity contribution in [2.24, 2.45) is 0 Å². The van der Waals surface area contributed by atoms with Crippen LogP contribution in [-0.2, 0) is 4.74 Å². The lowest BCUT2D eigenvalue weighted by Gasteiger charge is -2.12. The highest BCUT2D eigenvalue weighted by atomic mass is 79.9. The van der Waals surface area contributed by atoms with Gasteiger partial charge in [0.2, 0.25) is 0 Å². The second-order valence-electron chi connectivity index (χ2n) is 3.18. The maximum atomic E-state index is 9.06. The van der Waals surface area contributed by atoms with Crippen LogP contribution in [0.15, 0.2) is 27.1 Å². The normalized spacial score (nSPS) is 12.1. The molecule has 5 heteroatoms. The van der Waals surface area contributed by atoms with E-state index < -0.39 is 0 Å². The summed E-state index contributed by atoms with van der Waals surface area (Å²) in [5.41, 5.74) is 0.939. The van der Waals surface area contributed by atoms with Crippen LogP contribution in [0.2, 0.25) is 0 Å². The van der Waals surface area contributed by atoms with Crippen molar-refractivity contribution in [1.82, 2.24) is 5.32 Å². The maximum Gasteiger partial charge on any atom is 0.121 e.